The molecular weight excluding hydrogens is 242 g/mol. The minimum absolute atomic E-state index is 0.0597. The van der Waals surface area contributed by atoms with Gasteiger partial charge in [0.2, 0.25) is 0 Å². The van der Waals surface area contributed by atoms with Crippen LogP contribution in [-0.4, -0.2) is 20.7 Å². The summed E-state index contributed by atoms with van der Waals surface area (Å²) in [6.07, 6.45) is 0. The van der Waals surface area contributed by atoms with Gasteiger partial charge in [-0.2, -0.15) is 0 Å². The van der Waals surface area contributed by atoms with Crippen LogP contribution < -0.4 is 9.62 Å². The SMILES string of the molecule is COc1cc(C)c(S(=O)(=O)NO)cc1C(C)C. The maximum Gasteiger partial charge on any atom is 0.262 e. The molecule has 96 valence electrons. The van der Waals surface area contributed by atoms with Crippen molar-refractivity contribution in [2.45, 2.75) is 31.6 Å². The fourth-order valence-electron chi connectivity index (χ4n) is 1.64. The lowest BCUT2D eigenvalue weighted by atomic mass is 10.0. The van der Waals surface area contributed by atoms with Crippen molar-refractivity contribution in [3.05, 3.63) is 23.3 Å². The third-order valence-electron chi connectivity index (χ3n) is 2.56. The highest BCUT2D eigenvalue weighted by atomic mass is 32.2. The molecule has 1 aromatic rings. The van der Waals surface area contributed by atoms with Crippen LogP contribution in [0.1, 0.15) is 30.9 Å². The summed E-state index contributed by atoms with van der Waals surface area (Å²) in [6.45, 7) is 5.53. The Balaban J connectivity index is 3.50. The predicted octanol–water partition coefficient (Wildman–Crippen LogP) is 1.79. The normalized spacial score (nSPS) is 11.9. The van der Waals surface area contributed by atoms with E-state index in [4.69, 9.17) is 9.94 Å². The molecule has 0 aromatic heterocycles. The maximum absolute atomic E-state index is 11.6. The standard InChI is InChI=1S/C11H17NO4S/c1-7(2)9-6-11(17(14,15)12-13)8(3)5-10(9)16-4/h5-7,12-13H,1-4H3. The Labute approximate surface area is 101 Å². The van der Waals surface area contributed by atoms with E-state index >= 15 is 0 Å². The summed E-state index contributed by atoms with van der Waals surface area (Å²) in [4.78, 5) is 1.39. The zero-order valence-electron chi connectivity index (χ0n) is 10.3. The second-order valence-corrected chi connectivity index (χ2v) is 5.74. The molecule has 6 heteroatoms. The molecule has 2 N–H and O–H groups in total. The second kappa shape index (κ2) is 5.03. The van der Waals surface area contributed by atoms with Crippen molar-refractivity contribution in [2.24, 2.45) is 0 Å². The van der Waals surface area contributed by atoms with Crippen molar-refractivity contribution in [1.29, 1.82) is 0 Å². The van der Waals surface area contributed by atoms with E-state index < -0.39 is 10.0 Å². The molecule has 0 aliphatic rings. The Morgan fingerprint density at radius 1 is 1.35 bits per heavy atom. The number of nitrogens with one attached hydrogen (secondary N) is 1. The first kappa shape index (κ1) is 14.0. The molecule has 1 aromatic carbocycles. The molecule has 5 nitrogen and oxygen atoms in total. The number of methoxy groups -OCH3 is 1. The van der Waals surface area contributed by atoms with E-state index in [9.17, 15) is 8.42 Å². The van der Waals surface area contributed by atoms with E-state index in [-0.39, 0.29) is 10.8 Å². The highest BCUT2D eigenvalue weighted by Gasteiger charge is 2.19. The smallest absolute Gasteiger partial charge is 0.262 e. The topological polar surface area (TPSA) is 75.6 Å². The Bertz CT molecular complexity index is 508. The summed E-state index contributed by atoms with van der Waals surface area (Å²) in [5.74, 6) is 0.771. The van der Waals surface area contributed by atoms with Gasteiger partial charge in [0.1, 0.15) is 5.75 Å². The van der Waals surface area contributed by atoms with Crippen LogP contribution in [0, 0.1) is 6.92 Å². The molecule has 0 radical (unpaired) electrons. The van der Waals surface area contributed by atoms with Gasteiger partial charge in [0.15, 0.2) is 0 Å². The average molecular weight is 259 g/mol. The summed E-state index contributed by atoms with van der Waals surface area (Å²) in [5, 5.41) is 8.66. The van der Waals surface area contributed by atoms with Gasteiger partial charge in [0, 0.05) is 0 Å². The van der Waals surface area contributed by atoms with E-state index in [0.717, 1.165) is 5.56 Å². The second-order valence-electron chi connectivity index (χ2n) is 4.11. The molecule has 0 bridgehead atoms. The Kier molecular flexibility index (Phi) is 4.13. The third-order valence-corrected chi connectivity index (χ3v) is 3.82. The largest absolute Gasteiger partial charge is 0.496 e. The van der Waals surface area contributed by atoms with Gasteiger partial charge in [0.25, 0.3) is 10.0 Å². The Hall–Kier alpha value is -1.11. The monoisotopic (exact) mass is 259 g/mol. The minimum atomic E-state index is -3.86. The molecule has 0 heterocycles. The molecule has 0 spiro atoms. The zero-order valence-corrected chi connectivity index (χ0v) is 11.1. The number of hydrogen-bond donors (Lipinski definition) is 2. The molecule has 0 fully saturated rings. The van der Waals surface area contributed by atoms with Crippen LogP contribution in [0.4, 0.5) is 0 Å². The van der Waals surface area contributed by atoms with Gasteiger partial charge in [-0.1, -0.05) is 18.7 Å². The van der Waals surface area contributed by atoms with E-state index in [1.54, 1.807) is 20.1 Å². The third kappa shape index (κ3) is 2.77. The number of rotatable bonds is 4. The van der Waals surface area contributed by atoms with Gasteiger partial charge in [-0.25, -0.2) is 8.42 Å². The van der Waals surface area contributed by atoms with Gasteiger partial charge < -0.3 is 9.94 Å². The summed E-state index contributed by atoms with van der Waals surface area (Å²) in [7, 11) is -2.32. The number of hydrogen-bond acceptors (Lipinski definition) is 4. The van der Waals surface area contributed by atoms with Crippen molar-refractivity contribution in [3.63, 3.8) is 0 Å². The first-order valence-corrected chi connectivity index (χ1v) is 6.66. The lowest BCUT2D eigenvalue weighted by Gasteiger charge is -2.15. The summed E-state index contributed by atoms with van der Waals surface area (Å²) < 4.78 is 28.4. The molecule has 0 aliphatic heterocycles. The molecule has 0 aliphatic carbocycles. The van der Waals surface area contributed by atoms with E-state index in [1.807, 2.05) is 13.8 Å². The fraction of sp³-hybridized carbons (Fsp3) is 0.455. The van der Waals surface area contributed by atoms with Crippen LogP contribution in [0.3, 0.4) is 0 Å². The van der Waals surface area contributed by atoms with E-state index in [0.29, 0.717) is 11.3 Å². The molecular formula is C11H17NO4S. The Morgan fingerprint density at radius 3 is 2.35 bits per heavy atom. The quantitative estimate of drug-likeness (QED) is 0.808. The van der Waals surface area contributed by atoms with Crippen LogP contribution in [0.15, 0.2) is 17.0 Å². The van der Waals surface area contributed by atoms with Gasteiger partial charge >= 0.3 is 0 Å². The molecule has 0 atom stereocenters. The molecule has 17 heavy (non-hydrogen) atoms. The average Bonchev–Trinajstić information content (AvgIpc) is 2.27. The summed E-state index contributed by atoms with van der Waals surface area (Å²) in [6, 6.07) is 3.18. The summed E-state index contributed by atoms with van der Waals surface area (Å²) in [5.41, 5.74) is 1.31. The van der Waals surface area contributed by atoms with Crippen LogP contribution in [0.25, 0.3) is 0 Å². The van der Waals surface area contributed by atoms with E-state index in [2.05, 4.69) is 0 Å². The van der Waals surface area contributed by atoms with Gasteiger partial charge in [-0.05, 0) is 36.1 Å². The Morgan fingerprint density at radius 2 is 1.94 bits per heavy atom. The predicted molar refractivity (Wildman–Crippen MR) is 63.9 cm³/mol. The number of benzene rings is 1. The van der Waals surface area contributed by atoms with Gasteiger partial charge in [0.05, 0.1) is 12.0 Å². The molecule has 0 saturated carbocycles. The number of sulfonamides is 1. The fourth-order valence-corrected chi connectivity index (χ4v) is 2.51. The number of aryl methyl sites for hydroxylation is 1. The molecule has 1 rings (SSSR count). The van der Waals surface area contributed by atoms with Crippen LogP contribution in [0.5, 0.6) is 5.75 Å². The number of ether oxygens (including phenoxy) is 1. The van der Waals surface area contributed by atoms with E-state index in [1.165, 1.54) is 11.0 Å². The first-order valence-electron chi connectivity index (χ1n) is 5.18. The maximum atomic E-state index is 11.6. The molecule has 0 saturated heterocycles. The van der Waals surface area contributed by atoms with Gasteiger partial charge in [-0.15, -0.1) is 0 Å². The molecule has 0 unspecified atom stereocenters. The van der Waals surface area contributed by atoms with Crippen molar-refractivity contribution < 1.29 is 18.4 Å². The molecule has 0 amide bonds. The highest BCUT2D eigenvalue weighted by Crippen LogP contribution is 2.31. The lowest BCUT2D eigenvalue weighted by molar-refractivity contribution is 0.242. The summed E-state index contributed by atoms with van der Waals surface area (Å²) >= 11 is 0. The van der Waals surface area contributed by atoms with Crippen LogP contribution in [-0.2, 0) is 10.0 Å². The van der Waals surface area contributed by atoms with Crippen molar-refractivity contribution >= 4 is 10.0 Å². The van der Waals surface area contributed by atoms with Crippen LogP contribution in [0.2, 0.25) is 0 Å². The van der Waals surface area contributed by atoms with Gasteiger partial charge in [-0.3, -0.25) is 0 Å². The minimum Gasteiger partial charge on any atom is -0.496 e. The highest BCUT2D eigenvalue weighted by molar-refractivity contribution is 7.89. The van der Waals surface area contributed by atoms with Crippen LogP contribution >= 0.6 is 0 Å². The zero-order chi connectivity index (χ0) is 13.2. The van der Waals surface area contributed by atoms with Crippen molar-refractivity contribution in [3.8, 4) is 5.75 Å². The first-order chi connectivity index (χ1) is 7.83. The lowest BCUT2D eigenvalue weighted by Crippen LogP contribution is -2.20. The van der Waals surface area contributed by atoms with Crippen molar-refractivity contribution in [2.75, 3.05) is 7.11 Å². The van der Waals surface area contributed by atoms with Crippen molar-refractivity contribution in [1.82, 2.24) is 4.89 Å².